The lowest BCUT2D eigenvalue weighted by Crippen LogP contribution is -2.26. The molecule has 1 fully saturated rings. The van der Waals surface area contributed by atoms with Gasteiger partial charge >= 0.3 is 5.97 Å². The molecule has 1 heterocycles. The molecule has 1 saturated heterocycles. The zero-order valence-corrected chi connectivity index (χ0v) is 11.9. The Bertz CT molecular complexity index is 519. The molecule has 1 aliphatic rings. The van der Waals surface area contributed by atoms with Crippen LogP contribution in [-0.4, -0.2) is 25.0 Å². The summed E-state index contributed by atoms with van der Waals surface area (Å²) in [6, 6.07) is 4.91. The fraction of sp³-hybridized carbons (Fsp3) is 0.385. The third kappa shape index (κ3) is 3.01. The number of carbonyl (C=O) groups excluding carboxylic acids is 2. The second-order valence-corrected chi connectivity index (χ2v) is 5.10. The summed E-state index contributed by atoms with van der Waals surface area (Å²) in [7, 11) is 0. The van der Waals surface area contributed by atoms with Gasteiger partial charge in [-0.25, -0.2) is 0 Å². The third-order valence-corrected chi connectivity index (χ3v) is 3.48. The molecule has 0 unspecified atom stereocenters. The van der Waals surface area contributed by atoms with Crippen LogP contribution in [-0.2, 0) is 14.3 Å². The quantitative estimate of drug-likeness (QED) is 0.807. The highest BCUT2D eigenvalue weighted by Gasteiger charge is 2.36. The van der Waals surface area contributed by atoms with Gasteiger partial charge in [-0.1, -0.05) is 23.2 Å². The first kappa shape index (κ1) is 14.2. The van der Waals surface area contributed by atoms with Gasteiger partial charge in [0.2, 0.25) is 5.91 Å². The van der Waals surface area contributed by atoms with Gasteiger partial charge in [-0.3, -0.25) is 9.59 Å². The van der Waals surface area contributed by atoms with Gasteiger partial charge in [-0.2, -0.15) is 0 Å². The number of ether oxygens (including phenoxy) is 1. The zero-order valence-electron chi connectivity index (χ0n) is 10.4. The minimum absolute atomic E-state index is 0.137. The minimum Gasteiger partial charge on any atom is -0.466 e. The van der Waals surface area contributed by atoms with Crippen LogP contribution in [0.1, 0.15) is 13.3 Å². The lowest BCUT2D eigenvalue weighted by Gasteiger charge is -2.18. The van der Waals surface area contributed by atoms with E-state index in [2.05, 4.69) is 0 Å². The van der Waals surface area contributed by atoms with Crippen molar-refractivity contribution in [3.8, 4) is 0 Å². The molecule has 2 rings (SSSR count). The molecule has 1 atom stereocenters. The van der Waals surface area contributed by atoms with Crippen molar-refractivity contribution in [2.45, 2.75) is 13.3 Å². The second-order valence-electron chi connectivity index (χ2n) is 4.25. The minimum atomic E-state index is -0.431. The lowest BCUT2D eigenvalue weighted by atomic mass is 10.1. The molecule has 1 amide bonds. The summed E-state index contributed by atoms with van der Waals surface area (Å²) in [6.45, 7) is 2.34. The van der Waals surface area contributed by atoms with E-state index in [1.54, 1.807) is 25.1 Å². The monoisotopic (exact) mass is 301 g/mol. The van der Waals surface area contributed by atoms with E-state index in [4.69, 9.17) is 27.9 Å². The molecule has 0 bridgehead atoms. The molecule has 0 N–H and O–H groups in total. The summed E-state index contributed by atoms with van der Waals surface area (Å²) >= 11 is 11.9. The van der Waals surface area contributed by atoms with Crippen molar-refractivity contribution in [1.29, 1.82) is 0 Å². The van der Waals surface area contributed by atoms with Crippen LogP contribution in [0.15, 0.2) is 18.2 Å². The average molecular weight is 302 g/mol. The summed E-state index contributed by atoms with van der Waals surface area (Å²) < 4.78 is 4.94. The molecule has 0 aliphatic carbocycles. The van der Waals surface area contributed by atoms with E-state index in [0.29, 0.717) is 28.9 Å². The first-order valence-corrected chi connectivity index (χ1v) is 6.70. The maximum Gasteiger partial charge on any atom is 0.311 e. The molecule has 1 aliphatic heterocycles. The molecular formula is C13H13Cl2NO3. The van der Waals surface area contributed by atoms with Gasteiger partial charge in [-0.15, -0.1) is 0 Å². The van der Waals surface area contributed by atoms with E-state index in [1.165, 1.54) is 4.90 Å². The first-order valence-electron chi connectivity index (χ1n) is 5.95. The number of hydrogen-bond acceptors (Lipinski definition) is 3. The highest BCUT2D eigenvalue weighted by Crippen LogP contribution is 2.33. The van der Waals surface area contributed by atoms with Gasteiger partial charge in [0, 0.05) is 18.0 Å². The fourth-order valence-electron chi connectivity index (χ4n) is 2.06. The van der Waals surface area contributed by atoms with E-state index in [0.717, 1.165) is 0 Å². The van der Waals surface area contributed by atoms with Gasteiger partial charge in [-0.05, 0) is 25.1 Å². The number of esters is 1. The molecule has 1 aromatic rings. The lowest BCUT2D eigenvalue weighted by molar-refractivity contribution is -0.147. The topological polar surface area (TPSA) is 46.6 Å². The molecule has 0 spiro atoms. The summed E-state index contributed by atoms with van der Waals surface area (Å²) in [5, 5.41) is 0.896. The normalized spacial score (nSPS) is 18.8. The number of nitrogens with zero attached hydrogens (tertiary/aromatic N) is 1. The maximum atomic E-state index is 12.0. The van der Waals surface area contributed by atoms with E-state index in [1.807, 2.05) is 0 Å². The number of amides is 1. The molecule has 0 saturated carbocycles. The van der Waals surface area contributed by atoms with Gasteiger partial charge in [0.1, 0.15) is 0 Å². The molecular weight excluding hydrogens is 289 g/mol. The van der Waals surface area contributed by atoms with Crippen molar-refractivity contribution < 1.29 is 14.3 Å². The van der Waals surface area contributed by atoms with E-state index in [-0.39, 0.29) is 18.3 Å². The predicted octanol–water partition coefficient (Wildman–Crippen LogP) is 2.91. The van der Waals surface area contributed by atoms with E-state index < -0.39 is 5.92 Å². The molecule has 102 valence electrons. The van der Waals surface area contributed by atoms with Gasteiger partial charge in [0.15, 0.2) is 0 Å². The number of benzene rings is 1. The van der Waals surface area contributed by atoms with Crippen LogP contribution in [0.2, 0.25) is 10.0 Å². The van der Waals surface area contributed by atoms with Crippen LogP contribution in [0.3, 0.4) is 0 Å². The van der Waals surface area contributed by atoms with Crippen molar-refractivity contribution in [2.75, 3.05) is 18.1 Å². The number of rotatable bonds is 3. The average Bonchev–Trinajstić information content (AvgIpc) is 2.72. The van der Waals surface area contributed by atoms with Crippen molar-refractivity contribution in [2.24, 2.45) is 5.92 Å². The first-order chi connectivity index (χ1) is 9.02. The SMILES string of the molecule is CCOC(=O)[C@H]1CC(=O)N(c2ccc(Cl)cc2Cl)C1. The molecule has 0 aromatic heterocycles. The van der Waals surface area contributed by atoms with Crippen LogP contribution < -0.4 is 4.90 Å². The van der Waals surface area contributed by atoms with Crippen LogP contribution in [0, 0.1) is 5.92 Å². The maximum absolute atomic E-state index is 12.0. The molecule has 19 heavy (non-hydrogen) atoms. The highest BCUT2D eigenvalue weighted by molar-refractivity contribution is 6.36. The van der Waals surface area contributed by atoms with Crippen molar-refractivity contribution in [1.82, 2.24) is 0 Å². The number of halogens is 2. The molecule has 0 radical (unpaired) electrons. The summed E-state index contributed by atoms with van der Waals surface area (Å²) in [5.74, 6) is -0.912. The van der Waals surface area contributed by atoms with Crippen molar-refractivity contribution in [3.63, 3.8) is 0 Å². The van der Waals surface area contributed by atoms with Crippen molar-refractivity contribution >= 4 is 40.8 Å². The Balaban J connectivity index is 2.18. The van der Waals surface area contributed by atoms with Gasteiger partial charge < -0.3 is 9.64 Å². The van der Waals surface area contributed by atoms with Gasteiger partial charge in [0.25, 0.3) is 0 Å². The molecule has 6 heteroatoms. The highest BCUT2D eigenvalue weighted by atomic mass is 35.5. The van der Waals surface area contributed by atoms with Crippen LogP contribution in [0.5, 0.6) is 0 Å². The number of carbonyl (C=O) groups is 2. The Morgan fingerprint density at radius 1 is 1.47 bits per heavy atom. The number of hydrogen-bond donors (Lipinski definition) is 0. The zero-order chi connectivity index (χ0) is 14.0. The summed E-state index contributed by atoms with van der Waals surface area (Å²) in [5.41, 5.74) is 0.572. The largest absolute Gasteiger partial charge is 0.466 e. The Kier molecular flexibility index (Phi) is 4.32. The Labute approximate surface area is 121 Å². The standard InChI is InChI=1S/C13H13Cl2NO3/c1-2-19-13(18)8-5-12(17)16(7-8)11-4-3-9(14)6-10(11)15/h3-4,6,8H,2,5,7H2,1H3/t8-/m0/s1. The smallest absolute Gasteiger partial charge is 0.311 e. The number of anilines is 1. The van der Waals surface area contributed by atoms with E-state index in [9.17, 15) is 9.59 Å². The van der Waals surface area contributed by atoms with Crippen LogP contribution >= 0.6 is 23.2 Å². The van der Waals surface area contributed by atoms with E-state index >= 15 is 0 Å². The third-order valence-electron chi connectivity index (χ3n) is 2.95. The van der Waals surface area contributed by atoms with Crippen LogP contribution in [0.25, 0.3) is 0 Å². The predicted molar refractivity (Wildman–Crippen MR) is 73.6 cm³/mol. The van der Waals surface area contributed by atoms with Gasteiger partial charge in [0.05, 0.1) is 23.2 Å². The van der Waals surface area contributed by atoms with Crippen molar-refractivity contribution in [3.05, 3.63) is 28.2 Å². The second kappa shape index (κ2) is 5.80. The summed E-state index contributed by atoms with van der Waals surface area (Å²) in [6.07, 6.45) is 0.151. The summed E-state index contributed by atoms with van der Waals surface area (Å²) in [4.78, 5) is 25.1. The molecule has 1 aromatic carbocycles. The molecule has 4 nitrogen and oxygen atoms in total. The fourth-order valence-corrected chi connectivity index (χ4v) is 2.57. The Hall–Kier alpha value is -1.26. The Morgan fingerprint density at radius 2 is 2.21 bits per heavy atom. The Morgan fingerprint density at radius 3 is 2.84 bits per heavy atom. The van der Waals surface area contributed by atoms with Crippen LogP contribution in [0.4, 0.5) is 5.69 Å².